The minimum absolute atomic E-state index is 0.577. The first-order valence-electron chi connectivity index (χ1n) is 7.05. The lowest BCUT2D eigenvalue weighted by atomic mass is 10.1. The number of hydrogen-bond donors (Lipinski definition) is 0. The van der Waals surface area contributed by atoms with Gasteiger partial charge in [-0.25, -0.2) is 4.98 Å². The fourth-order valence-corrected chi connectivity index (χ4v) is 3.20. The predicted molar refractivity (Wildman–Crippen MR) is 97.6 cm³/mol. The zero-order valence-corrected chi connectivity index (χ0v) is 14.7. The molecule has 0 aliphatic heterocycles. The second-order valence-electron chi connectivity index (χ2n) is 4.96. The van der Waals surface area contributed by atoms with Gasteiger partial charge in [0, 0.05) is 21.6 Å². The van der Waals surface area contributed by atoms with E-state index in [4.69, 9.17) is 16.6 Å². The molecule has 2 nitrogen and oxygen atoms in total. The first-order valence-corrected chi connectivity index (χ1v) is 8.66. The number of aryl methyl sites for hydroxylation is 2. The molecule has 21 heavy (non-hydrogen) atoms. The van der Waals surface area contributed by atoms with Gasteiger partial charge in [0.25, 0.3) is 0 Å². The summed E-state index contributed by atoms with van der Waals surface area (Å²) in [5.41, 5.74) is 4.67. The summed E-state index contributed by atoms with van der Waals surface area (Å²) < 4.78 is 3.43. The number of benzene rings is 2. The number of fused-ring (bicyclic) bond motifs is 1. The van der Waals surface area contributed by atoms with Gasteiger partial charge in [-0.1, -0.05) is 19.1 Å². The largest absolute Gasteiger partial charge is 0.296 e. The molecule has 0 aliphatic carbocycles. The lowest BCUT2D eigenvalue weighted by molar-refractivity contribution is 0.910. The van der Waals surface area contributed by atoms with Crippen molar-refractivity contribution in [3.8, 4) is 5.69 Å². The number of halogens is 2. The summed E-state index contributed by atoms with van der Waals surface area (Å²) in [6.45, 7) is 2.17. The standard InChI is InChI=1S/C17H16ClIN2/c1-2-12-4-3-5-14(10-12)21-16-7-6-13(19)11-15(16)20-17(21)8-9-18/h3-7,10-11H,2,8-9H2,1H3. The summed E-state index contributed by atoms with van der Waals surface area (Å²) in [6, 6.07) is 15.0. The molecule has 0 saturated heterocycles. The van der Waals surface area contributed by atoms with E-state index in [1.807, 2.05) is 0 Å². The van der Waals surface area contributed by atoms with E-state index in [0.29, 0.717) is 5.88 Å². The fourth-order valence-electron chi connectivity index (χ4n) is 2.56. The van der Waals surface area contributed by atoms with Crippen LogP contribution in [0.4, 0.5) is 0 Å². The van der Waals surface area contributed by atoms with E-state index in [2.05, 4.69) is 76.5 Å². The molecule has 0 unspecified atom stereocenters. The normalized spacial score (nSPS) is 11.2. The van der Waals surface area contributed by atoms with Crippen molar-refractivity contribution in [2.24, 2.45) is 0 Å². The monoisotopic (exact) mass is 410 g/mol. The van der Waals surface area contributed by atoms with Crippen LogP contribution in [0.3, 0.4) is 0 Å². The molecule has 0 bridgehead atoms. The molecule has 0 fully saturated rings. The fraction of sp³-hybridized carbons (Fsp3) is 0.235. The van der Waals surface area contributed by atoms with E-state index in [-0.39, 0.29) is 0 Å². The third-order valence-corrected chi connectivity index (χ3v) is 4.44. The zero-order valence-electron chi connectivity index (χ0n) is 11.8. The van der Waals surface area contributed by atoms with Crippen LogP contribution in [0.5, 0.6) is 0 Å². The highest BCUT2D eigenvalue weighted by Crippen LogP contribution is 2.24. The third kappa shape index (κ3) is 2.94. The summed E-state index contributed by atoms with van der Waals surface area (Å²) in [4.78, 5) is 4.77. The first kappa shape index (κ1) is 14.9. The van der Waals surface area contributed by atoms with Crippen LogP contribution in [0.15, 0.2) is 42.5 Å². The Labute approximate surface area is 143 Å². The van der Waals surface area contributed by atoms with Crippen molar-refractivity contribution in [2.75, 3.05) is 5.88 Å². The topological polar surface area (TPSA) is 17.8 Å². The molecule has 2 aromatic carbocycles. The van der Waals surface area contributed by atoms with E-state index in [1.165, 1.54) is 9.13 Å². The molecule has 1 aromatic heterocycles. The highest BCUT2D eigenvalue weighted by Gasteiger charge is 2.12. The number of nitrogens with zero attached hydrogens (tertiary/aromatic N) is 2. The Morgan fingerprint density at radius 3 is 2.81 bits per heavy atom. The van der Waals surface area contributed by atoms with E-state index < -0.39 is 0 Å². The second kappa shape index (κ2) is 6.36. The molecule has 0 amide bonds. The number of alkyl halides is 1. The van der Waals surface area contributed by atoms with Gasteiger partial charge >= 0.3 is 0 Å². The molecule has 3 aromatic rings. The van der Waals surface area contributed by atoms with Gasteiger partial charge in [-0.05, 0) is 64.9 Å². The zero-order chi connectivity index (χ0) is 14.8. The van der Waals surface area contributed by atoms with Crippen LogP contribution in [-0.2, 0) is 12.8 Å². The summed E-state index contributed by atoms with van der Waals surface area (Å²) in [5, 5.41) is 0. The van der Waals surface area contributed by atoms with Crippen LogP contribution in [0, 0.1) is 3.57 Å². The third-order valence-electron chi connectivity index (χ3n) is 3.58. The maximum Gasteiger partial charge on any atom is 0.115 e. The molecule has 0 atom stereocenters. The van der Waals surface area contributed by atoms with Crippen molar-refractivity contribution < 1.29 is 0 Å². The molecule has 1 heterocycles. The molecule has 0 radical (unpaired) electrons. The van der Waals surface area contributed by atoms with Crippen molar-refractivity contribution in [1.82, 2.24) is 9.55 Å². The lowest BCUT2D eigenvalue weighted by Crippen LogP contribution is -2.02. The maximum absolute atomic E-state index is 5.96. The summed E-state index contributed by atoms with van der Waals surface area (Å²) in [5.74, 6) is 1.60. The van der Waals surface area contributed by atoms with Crippen LogP contribution in [0.25, 0.3) is 16.7 Å². The van der Waals surface area contributed by atoms with Crippen molar-refractivity contribution in [3.63, 3.8) is 0 Å². The smallest absolute Gasteiger partial charge is 0.115 e. The van der Waals surface area contributed by atoms with Crippen LogP contribution >= 0.6 is 34.2 Å². The molecule has 4 heteroatoms. The van der Waals surface area contributed by atoms with Gasteiger partial charge in [-0.15, -0.1) is 11.6 Å². The van der Waals surface area contributed by atoms with Crippen LogP contribution in [0.2, 0.25) is 0 Å². The number of aromatic nitrogens is 2. The molecule has 0 saturated carbocycles. The van der Waals surface area contributed by atoms with Crippen LogP contribution < -0.4 is 0 Å². The van der Waals surface area contributed by atoms with Crippen molar-refractivity contribution in [1.29, 1.82) is 0 Å². The molecule has 108 valence electrons. The van der Waals surface area contributed by atoms with Gasteiger partial charge in [0.2, 0.25) is 0 Å². The first-order chi connectivity index (χ1) is 10.2. The van der Waals surface area contributed by atoms with Gasteiger partial charge in [0.05, 0.1) is 11.0 Å². The molecule has 0 aliphatic rings. The second-order valence-corrected chi connectivity index (χ2v) is 6.58. The van der Waals surface area contributed by atoms with Gasteiger partial charge in [0.15, 0.2) is 0 Å². The van der Waals surface area contributed by atoms with Gasteiger partial charge < -0.3 is 0 Å². The summed E-state index contributed by atoms with van der Waals surface area (Å²) in [7, 11) is 0. The molecule has 0 N–H and O–H groups in total. The van der Waals surface area contributed by atoms with Crippen molar-refractivity contribution >= 4 is 45.2 Å². The van der Waals surface area contributed by atoms with E-state index >= 15 is 0 Å². The Bertz CT molecular complexity index is 780. The van der Waals surface area contributed by atoms with Gasteiger partial charge in [-0.3, -0.25) is 4.57 Å². The maximum atomic E-state index is 5.96. The number of imidazole rings is 1. The summed E-state index contributed by atoms with van der Waals surface area (Å²) >= 11 is 8.28. The molecule has 0 spiro atoms. The van der Waals surface area contributed by atoms with E-state index in [1.54, 1.807) is 0 Å². The van der Waals surface area contributed by atoms with Gasteiger partial charge in [-0.2, -0.15) is 0 Å². The predicted octanol–water partition coefficient (Wildman–Crippen LogP) is 4.97. The quantitative estimate of drug-likeness (QED) is 0.438. The Balaban J connectivity index is 2.25. The highest BCUT2D eigenvalue weighted by molar-refractivity contribution is 14.1. The lowest BCUT2D eigenvalue weighted by Gasteiger charge is -2.10. The average Bonchev–Trinajstić information content (AvgIpc) is 2.84. The Morgan fingerprint density at radius 1 is 1.19 bits per heavy atom. The van der Waals surface area contributed by atoms with E-state index in [0.717, 1.165) is 35.4 Å². The number of hydrogen-bond acceptors (Lipinski definition) is 1. The number of rotatable bonds is 4. The van der Waals surface area contributed by atoms with Crippen LogP contribution in [-0.4, -0.2) is 15.4 Å². The highest BCUT2D eigenvalue weighted by atomic mass is 127. The van der Waals surface area contributed by atoms with E-state index in [9.17, 15) is 0 Å². The minimum Gasteiger partial charge on any atom is -0.296 e. The minimum atomic E-state index is 0.577. The Morgan fingerprint density at radius 2 is 2.05 bits per heavy atom. The Kier molecular flexibility index (Phi) is 4.50. The average molecular weight is 411 g/mol. The Hall–Kier alpha value is -1.07. The van der Waals surface area contributed by atoms with Crippen molar-refractivity contribution in [3.05, 3.63) is 57.4 Å². The van der Waals surface area contributed by atoms with Crippen LogP contribution in [0.1, 0.15) is 18.3 Å². The molecular weight excluding hydrogens is 395 g/mol. The van der Waals surface area contributed by atoms with Gasteiger partial charge in [0.1, 0.15) is 5.82 Å². The molecule has 3 rings (SSSR count). The summed E-state index contributed by atoms with van der Waals surface area (Å²) in [6.07, 6.45) is 1.80. The van der Waals surface area contributed by atoms with Crippen molar-refractivity contribution in [2.45, 2.75) is 19.8 Å². The molecular formula is C17H16ClIN2. The SMILES string of the molecule is CCc1cccc(-n2c(CCCl)nc3cc(I)ccc32)c1.